The van der Waals surface area contributed by atoms with Crippen molar-refractivity contribution in [1.29, 1.82) is 0 Å². The van der Waals surface area contributed by atoms with E-state index in [4.69, 9.17) is 4.74 Å². The highest BCUT2D eigenvalue weighted by atomic mass is 16.5. The van der Waals surface area contributed by atoms with Crippen molar-refractivity contribution in [3.63, 3.8) is 0 Å². The van der Waals surface area contributed by atoms with E-state index in [1.165, 1.54) is 5.56 Å². The van der Waals surface area contributed by atoms with E-state index in [1.807, 2.05) is 39.0 Å². The summed E-state index contributed by atoms with van der Waals surface area (Å²) in [6, 6.07) is 8.10. The quantitative estimate of drug-likeness (QED) is 0.574. The van der Waals surface area contributed by atoms with Gasteiger partial charge >= 0.3 is 5.97 Å². The maximum absolute atomic E-state index is 11.6. The summed E-state index contributed by atoms with van der Waals surface area (Å²) in [5.41, 5.74) is 3.91. The molecule has 0 atom stereocenters. The zero-order valence-corrected chi connectivity index (χ0v) is 10.3. The summed E-state index contributed by atoms with van der Waals surface area (Å²) in [5.74, 6) is -0.235. The molecule has 0 N–H and O–H groups in total. The van der Waals surface area contributed by atoms with Gasteiger partial charge in [0.1, 0.15) is 0 Å². The summed E-state index contributed by atoms with van der Waals surface area (Å²) >= 11 is 0. The average Bonchev–Trinajstić information content (AvgIpc) is 2.27. The van der Waals surface area contributed by atoms with Gasteiger partial charge < -0.3 is 4.74 Å². The summed E-state index contributed by atoms with van der Waals surface area (Å²) < 4.78 is 4.98. The molecule has 0 bridgehead atoms. The van der Waals surface area contributed by atoms with Crippen LogP contribution >= 0.6 is 0 Å². The number of rotatable bonds is 3. The molecule has 0 heterocycles. The molecule has 86 valence electrons. The third kappa shape index (κ3) is 2.96. The summed E-state index contributed by atoms with van der Waals surface area (Å²) in [4.78, 5) is 11.6. The van der Waals surface area contributed by atoms with Crippen LogP contribution in [0.5, 0.6) is 0 Å². The fraction of sp³-hybridized carbons (Fsp3) is 0.357. The molecule has 0 aliphatic rings. The van der Waals surface area contributed by atoms with Crippen molar-refractivity contribution in [2.75, 3.05) is 6.61 Å². The first kappa shape index (κ1) is 12.5. The summed E-state index contributed by atoms with van der Waals surface area (Å²) in [5, 5.41) is 0. The standard InChI is InChI=1S/C14H18O2/c1-5-16-14(15)12(4)11(3)13-8-6-7-10(2)9-13/h6-9H,5H2,1-4H3/b12-11-. The molecule has 0 aliphatic carbocycles. The number of allylic oxidation sites excluding steroid dienone is 1. The van der Waals surface area contributed by atoms with E-state index in [0.29, 0.717) is 12.2 Å². The molecule has 1 rings (SSSR count). The molecule has 0 aliphatic heterocycles. The Labute approximate surface area is 96.9 Å². The van der Waals surface area contributed by atoms with Crippen LogP contribution in [0, 0.1) is 6.92 Å². The smallest absolute Gasteiger partial charge is 0.333 e. The Morgan fingerprint density at radius 3 is 2.56 bits per heavy atom. The lowest BCUT2D eigenvalue weighted by atomic mass is 10.0. The molecule has 16 heavy (non-hydrogen) atoms. The summed E-state index contributed by atoms with van der Waals surface area (Å²) in [7, 11) is 0. The largest absolute Gasteiger partial charge is 0.463 e. The predicted molar refractivity (Wildman–Crippen MR) is 66.1 cm³/mol. The third-order valence-corrected chi connectivity index (χ3v) is 2.60. The van der Waals surface area contributed by atoms with Crippen LogP contribution in [0.2, 0.25) is 0 Å². The minimum absolute atomic E-state index is 0.235. The molecule has 0 spiro atoms. The molecule has 0 saturated heterocycles. The fourth-order valence-electron chi connectivity index (χ4n) is 1.49. The highest BCUT2D eigenvalue weighted by molar-refractivity contribution is 5.96. The van der Waals surface area contributed by atoms with Gasteiger partial charge in [0.15, 0.2) is 0 Å². The van der Waals surface area contributed by atoms with Gasteiger partial charge in [0.05, 0.1) is 6.61 Å². The van der Waals surface area contributed by atoms with E-state index in [9.17, 15) is 4.79 Å². The van der Waals surface area contributed by atoms with Crippen LogP contribution in [0.25, 0.3) is 5.57 Å². The van der Waals surface area contributed by atoms with Gasteiger partial charge in [-0.15, -0.1) is 0 Å². The van der Waals surface area contributed by atoms with Crippen LogP contribution in [0.4, 0.5) is 0 Å². The highest BCUT2D eigenvalue weighted by Crippen LogP contribution is 2.19. The molecule has 0 unspecified atom stereocenters. The maximum atomic E-state index is 11.6. The molecule has 0 aromatic heterocycles. The number of benzene rings is 1. The van der Waals surface area contributed by atoms with Crippen LogP contribution in [0.1, 0.15) is 31.9 Å². The van der Waals surface area contributed by atoms with Crippen LogP contribution in [-0.2, 0) is 9.53 Å². The van der Waals surface area contributed by atoms with Gasteiger partial charge in [0, 0.05) is 5.57 Å². The Morgan fingerprint density at radius 1 is 1.31 bits per heavy atom. The van der Waals surface area contributed by atoms with Crippen LogP contribution in [0.3, 0.4) is 0 Å². The van der Waals surface area contributed by atoms with E-state index in [1.54, 1.807) is 6.92 Å². The number of carbonyl (C=O) groups excluding carboxylic acids is 1. The third-order valence-electron chi connectivity index (χ3n) is 2.60. The Bertz CT molecular complexity index is 416. The number of hydrogen-bond acceptors (Lipinski definition) is 2. The number of aryl methyl sites for hydroxylation is 1. The van der Waals surface area contributed by atoms with Crippen molar-refractivity contribution in [2.45, 2.75) is 27.7 Å². The minimum Gasteiger partial charge on any atom is -0.463 e. The molecule has 2 heteroatoms. The molecule has 0 fully saturated rings. The van der Waals surface area contributed by atoms with Gasteiger partial charge in [-0.3, -0.25) is 0 Å². The molecule has 1 aromatic rings. The second kappa shape index (κ2) is 5.50. The van der Waals surface area contributed by atoms with Gasteiger partial charge in [-0.1, -0.05) is 29.8 Å². The van der Waals surface area contributed by atoms with Gasteiger partial charge in [-0.05, 0) is 38.8 Å². The van der Waals surface area contributed by atoms with E-state index in [2.05, 4.69) is 6.07 Å². The van der Waals surface area contributed by atoms with Gasteiger partial charge in [-0.25, -0.2) is 4.79 Å². The van der Waals surface area contributed by atoms with Crippen LogP contribution < -0.4 is 0 Å². The van der Waals surface area contributed by atoms with Crippen molar-refractivity contribution in [2.24, 2.45) is 0 Å². The lowest BCUT2D eigenvalue weighted by Crippen LogP contribution is -2.06. The topological polar surface area (TPSA) is 26.3 Å². The lowest BCUT2D eigenvalue weighted by Gasteiger charge is -2.08. The van der Waals surface area contributed by atoms with E-state index < -0.39 is 0 Å². The lowest BCUT2D eigenvalue weighted by molar-refractivity contribution is -0.138. The Kier molecular flexibility index (Phi) is 4.29. The van der Waals surface area contributed by atoms with Gasteiger partial charge in [0.2, 0.25) is 0 Å². The minimum atomic E-state index is -0.235. The average molecular weight is 218 g/mol. The van der Waals surface area contributed by atoms with Crippen LogP contribution in [-0.4, -0.2) is 12.6 Å². The van der Waals surface area contributed by atoms with Crippen molar-refractivity contribution >= 4 is 11.5 Å². The van der Waals surface area contributed by atoms with Crippen molar-refractivity contribution in [1.82, 2.24) is 0 Å². The van der Waals surface area contributed by atoms with Crippen molar-refractivity contribution in [3.05, 3.63) is 41.0 Å². The highest BCUT2D eigenvalue weighted by Gasteiger charge is 2.09. The molecule has 2 nitrogen and oxygen atoms in total. The number of carbonyl (C=O) groups is 1. The zero-order chi connectivity index (χ0) is 12.1. The summed E-state index contributed by atoms with van der Waals surface area (Å²) in [6.45, 7) is 8.01. The summed E-state index contributed by atoms with van der Waals surface area (Å²) in [6.07, 6.45) is 0. The first-order chi connectivity index (χ1) is 7.56. The normalized spacial score (nSPS) is 12.0. The van der Waals surface area contributed by atoms with E-state index >= 15 is 0 Å². The maximum Gasteiger partial charge on any atom is 0.333 e. The van der Waals surface area contributed by atoms with Crippen molar-refractivity contribution in [3.8, 4) is 0 Å². The monoisotopic (exact) mass is 218 g/mol. The first-order valence-electron chi connectivity index (χ1n) is 5.48. The Balaban J connectivity index is 3.03. The zero-order valence-electron chi connectivity index (χ0n) is 10.3. The number of ether oxygens (including phenoxy) is 1. The van der Waals surface area contributed by atoms with Gasteiger partial charge in [0.25, 0.3) is 0 Å². The molecule has 0 amide bonds. The van der Waals surface area contributed by atoms with E-state index in [-0.39, 0.29) is 5.97 Å². The molecular weight excluding hydrogens is 200 g/mol. The first-order valence-corrected chi connectivity index (χ1v) is 5.48. The van der Waals surface area contributed by atoms with E-state index in [0.717, 1.165) is 11.1 Å². The Morgan fingerprint density at radius 2 is 2.00 bits per heavy atom. The molecular formula is C14H18O2. The van der Waals surface area contributed by atoms with Gasteiger partial charge in [-0.2, -0.15) is 0 Å². The molecule has 0 radical (unpaired) electrons. The second-order valence-electron chi connectivity index (χ2n) is 3.84. The van der Waals surface area contributed by atoms with Crippen LogP contribution in [0.15, 0.2) is 29.8 Å². The number of esters is 1. The molecule has 1 aromatic carbocycles. The second-order valence-corrected chi connectivity index (χ2v) is 3.84. The number of hydrogen-bond donors (Lipinski definition) is 0. The Hall–Kier alpha value is -1.57. The fourth-order valence-corrected chi connectivity index (χ4v) is 1.49. The SMILES string of the molecule is CCOC(=O)/C(C)=C(/C)c1cccc(C)c1. The molecule has 0 saturated carbocycles. The predicted octanol–water partition coefficient (Wildman–Crippen LogP) is 3.35. The van der Waals surface area contributed by atoms with Crippen molar-refractivity contribution < 1.29 is 9.53 Å².